The largest absolute Gasteiger partial charge is 2.00 e. The molecule has 0 rings (SSSR count). The summed E-state index contributed by atoms with van der Waals surface area (Å²) in [5.41, 5.74) is 0. The molecule has 0 unspecified atom stereocenters. The van der Waals surface area contributed by atoms with E-state index in [0.29, 0.717) is 6.79 Å². The van der Waals surface area contributed by atoms with Crippen LogP contribution in [0.4, 0.5) is 0 Å². The van der Waals surface area contributed by atoms with Gasteiger partial charge in [0.1, 0.15) is 6.79 Å². The fourth-order valence-electron chi connectivity index (χ4n) is 1.02. The molecule has 0 saturated heterocycles. The Kier molecular flexibility index (Phi) is 28.9. The Morgan fingerprint density at radius 3 is 2.38 bits per heavy atom. The van der Waals surface area contributed by atoms with Gasteiger partial charge in [-0.15, -0.1) is 6.08 Å². The molecule has 0 saturated carbocycles. The average molecular weight is 259 g/mol. The van der Waals surface area contributed by atoms with Crippen LogP contribution in [0.1, 0.15) is 39.0 Å². The second kappa shape index (κ2) is 21.0. The van der Waals surface area contributed by atoms with Crippen LogP contribution in [0.3, 0.4) is 0 Å². The van der Waals surface area contributed by atoms with E-state index in [1.807, 2.05) is 6.08 Å². The smallest absolute Gasteiger partial charge is 1.00 e. The molecule has 92 valence electrons. The third kappa shape index (κ3) is 20.2. The van der Waals surface area contributed by atoms with Gasteiger partial charge in [-0.25, -0.2) is 0 Å². The predicted octanol–water partition coefficient (Wildman–Crippen LogP) is -0.0390. The number of unbranched alkanes of at least 4 members (excludes halogenated alkanes) is 2. The van der Waals surface area contributed by atoms with Gasteiger partial charge in [0.25, 0.3) is 0 Å². The van der Waals surface area contributed by atoms with Gasteiger partial charge in [-0.2, -0.15) is 6.42 Å². The number of ether oxygens (including phenoxy) is 2. The fourth-order valence-corrected chi connectivity index (χ4v) is 1.02. The Bertz CT molecular complexity index is 132. The summed E-state index contributed by atoms with van der Waals surface area (Å²) < 4.78 is 10.6. The normalized spacial score (nSPS) is 9.88. The second-order valence-electron chi connectivity index (χ2n) is 3.19. The molecule has 0 aromatic carbocycles. The first-order valence-electron chi connectivity index (χ1n) is 5.51. The van der Waals surface area contributed by atoms with E-state index in [2.05, 4.69) is 19.9 Å². The van der Waals surface area contributed by atoms with Gasteiger partial charge in [0.2, 0.25) is 0 Å². The van der Waals surface area contributed by atoms with Crippen molar-refractivity contribution in [1.29, 1.82) is 0 Å². The molecule has 0 amide bonds. The minimum atomic E-state index is 0. The molecule has 0 aliphatic heterocycles. The van der Waals surface area contributed by atoms with Crippen molar-refractivity contribution in [1.82, 2.24) is 0 Å². The molecule has 0 N–H and O–H groups in total. The molecule has 0 aromatic rings. The zero-order valence-electron chi connectivity index (χ0n) is 10.4. The first-order chi connectivity index (χ1) is 6.91. The average Bonchev–Trinajstić information content (AvgIpc) is 2.21. The van der Waals surface area contributed by atoms with Gasteiger partial charge in [-0.1, -0.05) is 25.8 Å². The summed E-state index contributed by atoms with van der Waals surface area (Å²) in [5.74, 6) is 0. The first kappa shape index (κ1) is 21.9. The van der Waals surface area contributed by atoms with Crippen molar-refractivity contribution in [3.05, 3.63) is 19.1 Å². The van der Waals surface area contributed by atoms with Crippen LogP contribution in [0.5, 0.6) is 0 Å². The van der Waals surface area contributed by atoms with Crippen molar-refractivity contribution < 1.29 is 21.9 Å². The Balaban J connectivity index is -0.000000845. The minimum Gasteiger partial charge on any atom is -1.00 e. The number of hydrogen-bond donors (Lipinski definition) is 0. The maximum Gasteiger partial charge on any atom is 2.00 e. The topological polar surface area (TPSA) is 18.5 Å². The molecule has 0 spiro atoms. The summed E-state index contributed by atoms with van der Waals surface area (Å²) in [6, 6.07) is 0. The van der Waals surface area contributed by atoms with Gasteiger partial charge < -0.3 is 28.8 Å². The predicted molar refractivity (Wildman–Crippen MR) is 65.8 cm³/mol. The van der Waals surface area contributed by atoms with Gasteiger partial charge in [0, 0.05) is 6.61 Å². The van der Waals surface area contributed by atoms with E-state index in [-0.39, 0.29) is 35.5 Å². The molecular weight excluding hydrogens is 236 g/mol. The van der Waals surface area contributed by atoms with Gasteiger partial charge in [-0.05, 0) is 12.8 Å². The number of hydrogen-bond acceptors (Lipinski definition) is 2. The van der Waals surface area contributed by atoms with Crippen LogP contribution >= 0.6 is 0 Å². The van der Waals surface area contributed by atoms with Crippen LogP contribution in [0.25, 0.3) is 0 Å². The van der Waals surface area contributed by atoms with E-state index >= 15 is 0 Å². The SMILES string of the molecule is [CH2-]C/C=C\CCOCOCCCCC.[Cl-].[Mg+2]. The van der Waals surface area contributed by atoms with Crippen molar-refractivity contribution in [2.45, 2.75) is 39.0 Å². The van der Waals surface area contributed by atoms with Crippen molar-refractivity contribution in [3.8, 4) is 0 Å². The van der Waals surface area contributed by atoms with Crippen LogP contribution in [0.15, 0.2) is 12.2 Å². The van der Waals surface area contributed by atoms with E-state index in [9.17, 15) is 0 Å². The molecule has 0 heterocycles. The summed E-state index contributed by atoms with van der Waals surface area (Å²) >= 11 is 0. The molecule has 2 nitrogen and oxygen atoms in total. The zero-order chi connectivity index (χ0) is 10.5. The van der Waals surface area contributed by atoms with E-state index in [0.717, 1.165) is 32.5 Å². The van der Waals surface area contributed by atoms with Gasteiger partial charge in [0.15, 0.2) is 0 Å². The van der Waals surface area contributed by atoms with Crippen molar-refractivity contribution >= 4 is 23.1 Å². The van der Waals surface area contributed by atoms with E-state index in [1.165, 1.54) is 12.8 Å². The summed E-state index contributed by atoms with van der Waals surface area (Å²) in [4.78, 5) is 0. The first-order valence-corrected chi connectivity index (χ1v) is 5.51. The quantitative estimate of drug-likeness (QED) is 0.180. The fraction of sp³-hybridized carbons (Fsp3) is 0.750. The Morgan fingerprint density at radius 2 is 1.75 bits per heavy atom. The molecule has 0 aromatic heterocycles. The van der Waals surface area contributed by atoms with Crippen LogP contribution in [-0.4, -0.2) is 43.1 Å². The zero-order valence-corrected chi connectivity index (χ0v) is 12.6. The third-order valence-electron chi connectivity index (χ3n) is 1.82. The molecular formula is C12H23ClMgO2. The summed E-state index contributed by atoms with van der Waals surface area (Å²) in [5, 5.41) is 0. The van der Waals surface area contributed by atoms with E-state index < -0.39 is 0 Å². The van der Waals surface area contributed by atoms with Crippen LogP contribution < -0.4 is 12.4 Å². The molecule has 0 atom stereocenters. The Hall–Kier alpha value is 0.716. The molecule has 0 radical (unpaired) electrons. The number of halogens is 1. The number of allylic oxidation sites excluding steroid dienone is 1. The van der Waals surface area contributed by atoms with Crippen molar-refractivity contribution in [3.63, 3.8) is 0 Å². The molecule has 0 aliphatic carbocycles. The maximum absolute atomic E-state index is 5.28. The van der Waals surface area contributed by atoms with E-state index in [1.54, 1.807) is 0 Å². The monoisotopic (exact) mass is 258 g/mol. The number of rotatable bonds is 10. The molecule has 0 fully saturated rings. The van der Waals surface area contributed by atoms with Crippen molar-refractivity contribution in [2.24, 2.45) is 0 Å². The summed E-state index contributed by atoms with van der Waals surface area (Å²) in [6.45, 7) is 7.89. The van der Waals surface area contributed by atoms with Gasteiger partial charge in [-0.3, -0.25) is 0 Å². The Morgan fingerprint density at radius 1 is 1.06 bits per heavy atom. The van der Waals surface area contributed by atoms with Gasteiger partial charge in [0.05, 0.1) is 6.61 Å². The molecule has 0 bridgehead atoms. The Labute approximate surface area is 123 Å². The second-order valence-corrected chi connectivity index (χ2v) is 3.19. The maximum atomic E-state index is 5.28. The molecule has 0 aliphatic rings. The third-order valence-corrected chi connectivity index (χ3v) is 1.82. The standard InChI is InChI=1S/C12H23O2.ClH.Mg/c1-3-5-7-9-11-14-12-13-10-8-6-4-2;;/h5,7H,1,3-4,6,8-12H2,2H3;1H;/q-1;;+2/p-1/b7-5-;;. The van der Waals surface area contributed by atoms with Crippen molar-refractivity contribution in [2.75, 3.05) is 20.0 Å². The summed E-state index contributed by atoms with van der Waals surface area (Å²) in [7, 11) is 0. The van der Waals surface area contributed by atoms with Crippen LogP contribution in [0.2, 0.25) is 0 Å². The summed E-state index contributed by atoms with van der Waals surface area (Å²) in [6.07, 6.45) is 9.56. The molecule has 16 heavy (non-hydrogen) atoms. The van der Waals surface area contributed by atoms with Crippen LogP contribution in [0, 0.1) is 6.92 Å². The van der Waals surface area contributed by atoms with Gasteiger partial charge >= 0.3 is 23.1 Å². The molecule has 4 heteroatoms. The minimum absolute atomic E-state index is 0. The van der Waals surface area contributed by atoms with E-state index in [4.69, 9.17) is 9.47 Å². The van der Waals surface area contributed by atoms with Crippen LogP contribution in [-0.2, 0) is 9.47 Å².